The van der Waals surface area contributed by atoms with E-state index in [1.54, 1.807) is 64.8 Å². The first-order valence-corrected chi connectivity index (χ1v) is 9.13. The fourth-order valence-corrected chi connectivity index (χ4v) is 3.40. The lowest BCUT2D eigenvalue weighted by Gasteiger charge is -2.07. The molecule has 0 aliphatic carbocycles. The van der Waals surface area contributed by atoms with Crippen LogP contribution in [0.1, 0.15) is 5.56 Å². The minimum Gasteiger partial charge on any atom is -0.497 e. The van der Waals surface area contributed by atoms with Gasteiger partial charge in [0.1, 0.15) is 17.2 Å². The van der Waals surface area contributed by atoms with E-state index in [1.807, 2.05) is 6.07 Å². The van der Waals surface area contributed by atoms with Crippen LogP contribution in [0.25, 0.3) is 6.08 Å². The zero-order valence-electron chi connectivity index (χ0n) is 15.9. The predicted octanol–water partition coefficient (Wildman–Crippen LogP) is 3.61. The summed E-state index contributed by atoms with van der Waals surface area (Å²) in [5.41, 5.74) is 1.41. The number of nitrogens with zero attached hydrogens (tertiary/aromatic N) is 1. The molecule has 1 heterocycles. The van der Waals surface area contributed by atoms with Gasteiger partial charge in [0.05, 0.1) is 33.3 Å². The molecule has 0 atom stereocenters. The number of rotatable bonds is 6. The van der Waals surface area contributed by atoms with Crippen molar-refractivity contribution < 1.29 is 23.7 Å². The zero-order valence-corrected chi connectivity index (χ0v) is 16.8. The fourth-order valence-electron chi connectivity index (χ4n) is 2.56. The van der Waals surface area contributed by atoms with Gasteiger partial charge in [0.25, 0.3) is 5.91 Å². The van der Waals surface area contributed by atoms with Crippen LogP contribution in [-0.4, -0.2) is 39.5 Å². The van der Waals surface area contributed by atoms with Crippen LogP contribution in [0.2, 0.25) is 0 Å². The molecule has 1 aliphatic heterocycles. The molecule has 0 bridgehead atoms. The molecule has 7 nitrogen and oxygen atoms in total. The number of benzene rings is 2. The van der Waals surface area contributed by atoms with Gasteiger partial charge in [-0.05, 0) is 47.7 Å². The first-order valence-electron chi connectivity index (χ1n) is 8.31. The van der Waals surface area contributed by atoms with E-state index >= 15 is 0 Å². The Morgan fingerprint density at radius 2 is 1.64 bits per heavy atom. The molecule has 8 heteroatoms. The summed E-state index contributed by atoms with van der Waals surface area (Å²) in [5, 5.41) is 3.24. The highest BCUT2D eigenvalue weighted by Crippen LogP contribution is 2.35. The van der Waals surface area contributed by atoms with Crippen molar-refractivity contribution in [1.29, 1.82) is 0 Å². The molecular formula is C20H20N2O5S. The summed E-state index contributed by atoms with van der Waals surface area (Å²) in [6.07, 6.45) is 1.77. The Morgan fingerprint density at radius 1 is 0.893 bits per heavy atom. The van der Waals surface area contributed by atoms with Crippen LogP contribution in [0.15, 0.2) is 46.3 Å². The van der Waals surface area contributed by atoms with E-state index in [1.165, 1.54) is 11.8 Å². The molecule has 0 aromatic heterocycles. The Kier molecular flexibility index (Phi) is 6.10. The Balaban J connectivity index is 1.86. The Bertz CT molecular complexity index is 956. The van der Waals surface area contributed by atoms with E-state index in [4.69, 9.17) is 18.9 Å². The van der Waals surface area contributed by atoms with Gasteiger partial charge >= 0.3 is 0 Å². The van der Waals surface area contributed by atoms with Crippen LogP contribution in [0.4, 0.5) is 5.69 Å². The van der Waals surface area contributed by atoms with E-state index in [-0.39, 0.29) is 5.91 Å². The molecule has 1 N–H and O–H groups in total. The van der Waals surface area contributed by atoms with E-state index in [9.17, 15) is 4.79 Å². The number of methoxy groups -OCH3 is 4. The van der Waals surface area contributed by atoms with Crippen LogP contribution < -0.4 is 24.3 Å². The Hall–Kier alpha value is -3.13. The molecule has 3 rings (SSSR count). The third kappa shape index (κ3) is 4.23. The minimum atomic E-state index is -0.217. The summed E-state index contributed by atoms with van der Waals surface area (Å²) >= 11 is 1.25. The number of hydrogen-bond acceptors (Lipinski definition) is 7. The normalized spacial score (nSPS) is 16.2. The second-order valence-electron chi connectivity index (χ2n) is 5.63. The van der Waals surface area contributed by atoms with Gasteiger partial charge in [-0.15, -0.1) is 0 Å². The van der Waals surface area contributed by atoms with Crippen molar-refractivity contribution in [3.63, 3.8) is 0 Å². The van der Waals surface area contributed by atoms with Gasteiger partial charge in [-0.2, -0.15) is 0 Å². The highest BCUT2D eigenvalue weighted by Gasteiger charge is 2.24. The standard InChI is InChI=1S/C20H20N2O5S/c1-24-13-6-7-14(16(11-13)26-3)21-20-22-19(23)18(28-20)10-12-5-8-15(25-2)17(9-12)27-4/h5-11H,1-4H3,(H,21,22,23)/b18-10-. The third-order valence-corrected chi connectivity index (χ3v) is 4.87. The van der Waals surface area contributed by atoms with Gasteiger partial charge in [-0.1, -0.05) is 6.07 Å². The van der Waals surface area contributed by atoms with Crippen LogP contribution in [0.5, 0.6) is 23.0 Å². The first-order chi connectivity index (χ1) is 13.6. The van der Waals surface area contributed by atoms with Crippen molar-refractivity contribution in [3.05, 3.63) is 46.9 Å². The topological polar surface area (TPSA) is 78.4 Å². The number of thioether (sulfide) groups is 1. The summed E-state index contributed by atoms with van der Waals surface area (Å²) in [4.78, 5) is 17.3. The number of ether oxygens (including phenoxy) is 4. The average molecular weight is 400 g/mol. The molecule has 0 saturated carbocycles. The van der Waals surface area contributed by atoms with Crippen molar-refractivity contribution in [2.75, 3.05) is 28.4 Å². The quantitative estimate of drug-likeness (QED) is 0.747. The van der Waals surface area contributed by atoms with Crippen molar-refractivity contribution in [2.45, 2.75) is 0 Å². The zero-order chi connectivity index (χ0) is 20.1. The average Bonchev–Trinajstić information content (AvgIpc) is 3.06. The van der Waals surface area contributed by atoms with Crippen LogP contribution in [0.3, 0.4) is 0 Å². The molecule has 2 aromatic rings. The molecule has 1 aliphatic rings. The number of nitrogens with one attached hydrogen (secondary N) is 1. The number of hydrogen-bond donors (Lipinski definition) is 1. The van der Waals surface area contributed by atoms with Gasteiger partial charge in [-0.25, -0.2) is 4.99 Å². The number of carbonyl (C=O) groups excluding carboxylic acids is 1. The number of amides is 1. The van der Waals surface area contributed by atoms with E-state index < -0.39 is 0 Å². The van der Waals surface area contributed by atoms with Gasteiger partial charge in [0.2, 0.25) is 0 Å². The van der Waals surface area contributed by atoms with E-state index in [2.05, 4.69) is 10.3 Å². The van der Waals surface area contributed by atoms with Crippen molar-refractivity contribution in [1.82, 2.24) is 5.32 Å². The second-order valence-corrected chi connectivity index (χ2v) is 6.66. The second kappa shape index (κ2) is 8.71. The van der Waals surface area contributed by atoms with Crippen LogP contribution >= 0.6 is 11.8 Å². The van der Waals surface area contributed by atoms with Gasteiger partial charge in [0, 0.05) is 6.07 Å². The SMILES string of the molecule is COc1ccc(N=C2NC(=O)/C(=C/c3ccc(OC)c(OC)c3)S2)c(OC)c1. The largest absolute Gasteiger partial charge is 0.497 e. The summed E-state index contributed by atoms with van der Waals surface area (Å²) in [6, 6.07) is 10.7. The van der Waals surface area contributed by atoms with Crippen molar-refractivity contribution in [2.24, 2.45) is 4.99 Å². The van der Waals surface area contributed by atoms with Gasteiger partial charge in [-0.3, -0.25) is 4.79 Å². The molecule has 0 unspecified atom stereocenters. The molecule has 1 saturated heterocycles. The summed E-state index contributed by atoms with van der Waals surface area (Å²) in [6.45, 7) is 0. The highest BCUT2D eigenvalue weighted by atomic mass is 32.2. The first kappa shape index (κ1) is 19.6. The Labute approximate surface area is 167 Å². The monoisotopic (exact) mass is 400 g/mol. The minimum absolute atomic E-state index is 0.217. The molecule has 1 amide bonds. The molecule has 0 radical (unpaired) electrons. The van der Waals surface area contributed by atoms with Crippen molar-refractivity contribution >= 4 is 34.6 Å². The lowest BCUT2D eigenvalue weighted by molar-refractivity contribution is -0.115. The maximum absolute atomic E-state index is 12.3. The molecular weight excluding hydrogens is 380 g/mol. The predicted molar refractivity (Wildman–Crippen MR) is 110 cm³/mol. The summed E-state index contributed by atoms with van der Waals surface area (Å²) < 4.78 is 21.1. The fraction of sp³-hybridized carbons (Fsp3) is 0.200. The Morgan fingerprint density at radius 3 is 2.32 bits per heavy atom. The van der Waals surface area contributed by atoms with E-state index in [0.717, 1.165) is 5.56 Å². The number of aliphatic imine (C=N–C) groups is 1. The van der Waals surface area contributed by atoms with Gasteiger partial charge < -0.3 is 24.3 Å². The van der Waals surface area contributed by atoms with Gasteiger partial charge in [0.15, 0.2) is 16.7 Å². The molecule has 0 spiro atoms. The van der Waals surface area contributed by atoms with Crippen LogP contribution in [-0.2, 0) is 4.79 Å². The van der Waals surface area contributed by atoms with E-state index in [0.29, 0.717) is 38.8 Å². The number of amidine groups is 1. The lowest BCUT2D eigenvalue weighted by Crippen LogP contribution is -2.19. The lowest BCUT2D eigenvalue weighted by atomic mass is 10.2. The maximum atomic E-state index is 12.3. The van der Waals surface area contributed by atoms with Crippen molar-refractivity contribution in [3.8, 4) is 23.0 Å². The maximum Gasteiger partial charge on any atom is 0.264 e. The highest BCUT2D eigenvalue weighted by molar-refractivity contribution is 8.18. The molecule has 1 fully saturated rings. The third-order valence-electron chi connectivity index (χ3n) is 3.97. The molecule has 2 aromatic carbocycles. The summed E-state index contributed by atoms with van der Waals surface area (Å²) in [5.74, 6) is 2.22. The smallest absolute Gasteiger partial charge is 0.264 e. The molecule has 146 valence electrons. The molecule has 28 heavy (non-hydrogen) atoms. The summed E-state index contributed by atoms with van der Waals surface area (Å²) in [7, 11) is 6.28. The number of carbonyl (C=O) groups is 1. The van der Waals surface area contributed by atoms with Crippen LogP contribution in [0, 0.1) is 0 Å².